The normalized spacial score (nSPS) is 12.0. The molecular formula is C21H20ClNO6S. The molecule has 2 heterocycles. The van der Waals surface area contributed by atoms with Crippen LogP contribution in [0.25, 0.3) is 11.0 Å². The topological polar surface area (TPSA) is 98.8 Å². The molecule has 0 spiro atoms. The van der Waals surface area contributed by atoms with Gasteiger partial charge in [0.15, 0.2) is 5.76 Å². The third-order valence-electron chi connectivity index (χ3n) is 4.42. The Morgan fingerprint density at radius 3 is 2.80 bits per heavy atom. The maximum absolute atomic E-state index is 12.7. The third kappa shape index (κ3) is 5.25. The van der Waals surface area contributed by atoms with Crippen LogP contribution >= 0.6 is 23.4 Å². The zero-order chi connectivity index (χ0) is 21.7. The van der Waals surface area contributed by atoms with Crippen molar-refractivity contribution in [2.24, 2.45) is 0 Å². The van der Waals surface area contributed by atoms with Gasteiger partial charge < -0.3 is 18.9 Å². The van der Waals surface area contributed by atoms with Gasteiger partial charge >= 0.3 is 11.6 Å². The summed E-state index contributed by atoms with van der Waals surface area (Å²) in [6.07, 6.45) is 3.66. The summed E-state index contributed by atoms with van der Waals surface area (Å²) in [7, 11) is 0. The molecule has 9 heteroatoms. The number of fused-ring (bicyclic) bond motifs is 1. The number of carbonyl (C=O) groups excluding carboxylic acids is 2. The zero-order valence-corrected chi connectivity index (χ0v) is 18.0. The SMILES string of the molecule is CSCC[C@H](NC(=O)c1ccco1)C(=O)OCc1cc(=O)oc2cc(C)c(Cl)cc12. The van der Waals surface area contributed by atoms with Gasteiger partial charge in [0.1, 0.15) is 18.2 Å². The highest BCUT2D eigenvalue weighted by Crippen LogP contribution is 2.25. The van der Waals surface area contributed by atoms with Crippen molar-refractivity contribution in [3.63, 3.8) is 0 Å². The fourth-order valence-electron chi connectivity index (χ4n) is 2.84. The van der Waals surface area contributed by atoms with Crippen molar-refractivity contribution < 1.29 is 23.2 Å². The number of rotatable bonds is 8. The summed E-state index contributed by atoms with van der Waals surface area (Å²) in [4.78, 5) is 36.8. The summed E-state index contributed by atoms with van der Waals surface area (Å²) in [6.45, 7) is 1.64. The van der Waals surface area contributed by atoms with Crippen LogP contribution in [0, 0.1) is 6.92 Å². The van der Waals surface area contributed by atoms with Gasteiger partial charge in [-0.25, -0.2) is 9.59 Å². The van der Waals surface area contributed by atoms with E-state index < -0.39 is 23.5 Å². The molecule has 0 aliphatic heterocycles. The van der Waals surface area contributed by atoms with Crippen LogP contribution in [-0.4, -0.2) is 29.9 Å². The summed E-state index contributed by atoms with van der Waals surface area (Å²) >= 11 is 7.73. The first-order chi connectivity index (χ1) is 14.4. The number of furan rings is 1. The molecule has 0 saturated heterocycles. The van der Waals surface area contributed by atoms with Crippen LogP contribution in [0.1, 0.15) is 28.1 Å². The molecule has 0 unspecified atom stereocenters. The number of benzene rings is 1. The largest absolute Gasteiger partial charge is 0.459 e. The number of halogens is 1. The predicted octanol–water partition coefficient (Wildman–Crippen LogP) is 3.94. The fraction of sp³-hybridized carbons (Fsp3) is 0.286. The van der Waals surface area contributed by atoms with E-state index in [0.29, 0.717) is 33.7 Å². The lowest BCUT2D eigenvalue weighted by molar-refractivity contribution is -0.147. The summed E-state index contributed by atoms with van der Waals surface area (Å²) < 4.78 is 15.7. The van der Waals surface area contributed by atoms with Gasteiger partial charge in [0, 0.05) is 22.0 Å². The standard InChI is InChI=1S/C21H20ClNO6S/c1-12-8-18-14(10-15(12)22)13(9-19(24)29-18)11-28-21(26)16(5-7-30-2)23-20(25)17-4-3-6-27-17/h3-4,6,8-10,16H,5,7,11H2,1-2H3,(H,23,25)/t16-/m0/s1. The van der Waals surface area contributed by atoms with E-state index in [9.17, 15) is 14.4 Å². The quantitative estimate of drug-likeness (QED) is 0.410. The molecule has 0 bridgehead atoms. The minimum Gasteiger partial charge on any atom is -0.459 e. The van der Waals surface area contributed by atoms with Crippen LogP contribution < -0.4 is 10.9 Å². The molecular weight excluding hydrogens is 430 g/mol. The van der Waals surface area contributed by atoms with Gasteiger partial charge in [0.2, 0.25) is 0 Å². The third-order valence-corrected chi connectivity index (χ3v) is 5.48. The number of carbonyl (C=O) groups is 2. The molecule has 0 fully saturated rings. The molecule has 0 aliphatic carbocycles. The van der Waals surface area contributed by atoms with E-state index in [4.69, 9.17) is 25.2 Å². The number of nitrogens with one attached hydrogen (secondary N) is 1. The van der Waals surface area contributed by atoms with E-state index in [1.807, 2.05) is 6.26 Å². The Labute approximate surface area is 181 Å². The summed E-state index contributed by atoms with van der Waals surface area (Å²) in [5, 5.41) is 3.72. The molecule has 0 saturated carbocycles. The molecule has 158 valence electrons. The zero-order valence-electron chi connectivity index (χ0n) is 16.4. The first kappa shape index (κ1) is 22.0. The minimum atomic E-state index is -0.854. The number of thioether (sulfide) groups is 1. The smallest absolute Gasteiger partial charge is 0.336 e. The second-order valence-corrected chi connectivity index (χ2v) is 7.97. The number of hydrogen-bond donors (Lipinski definition) is 1. The summed E-state index contributed by atoms with van der Waals surface area (Å²) in [6, 6.07) is 6.83. The van der Waals surface area contributed by atoms with Crippen molar-refractivity contribution in [3.8, 4) is 0 Å². The molecule has 2 aromatic heterocycles. The minimum absolute atomic E-state index is 0.105. The number of aryl methyl sites for hydroxylation is 1. The Balaban J connectivity index is 1.77. The van der Waals surface area contributed by atoms with Crippen LogP contribution in [0.2, 0.25) is 5.02 Å². The number of ether oxygens (including phenoxy) is 1. The van der Waals surface area contributed by atoms with E-state index in [0.717, 1.165) is 5.56 Å². The van der Waals surface area contributed by atoms with Gasteiger partial charge in [-0.3, -0.25) is 4.79 Å². The molecule has 30 heavy (non-hydrogen) atoms. The van der Waals surface area contributed by atoms with Crippen LogP contribution in [0.4, 0.5) is 0 Å². The monoisotopic (exact) mass is 449 g/mol. The molecule has 1 aromatic carbocycles. The van der Waals surface area contributed by atoms with E-state index in [2.05, 4.69) is 5.32 Å². The molecule has 7 nitrogen and oxygen atoms in total. The van der Waals surface area contributed by atoms with Gasteiger partial charge in [-0.2, -0.15) is 11.8 Å². The van der Waals surface area contributed by atoms with E-state index in [-0.39, 0.29) is 12.4 Å². The lowest BCUT2D eigenvalue weighted by atomic mass is 10.1. The average Bonchev–Trinajstić information content (AvgIpc) is 3.25. The molecule has 1 N–H and O–H groups in total. The van der Waals surface area contributed by atoms with Crippen LogP contribution in [0.15, 0.2) is 50.2 Å². The Hall–Kier alpha value is -2.71. The van der Waals surface area contributed by atoms with Gasteiger partial charge in [0.25, 0.3) is 5.91 Å². The van der Waals surface area contributed by atoms with Crippen LogP contribution in [0.5, 0.6) is 0 Å². The second-order valence-electron chi connectivity index (χ2n) is 6.58. The number of hydrogen-bond acceptors (Lipinski definition) is 7. The lowest BCUT2D eigenvalue weighted by Crippen LogP contribution is -2.42. The number of amides is 1. The maximum Gasteiger partial charge on any atom is 0.336 e. The van der Waals surface area contributed by atoms with Crippen molar-refractivity contribution in [3.05, 3.63) is 68.9 Å². The van der Waals surface area contributed by atoms with Crippen molar-refractivity contribution >= 4 is 46.2 Å². The van der Waals surface area contributed by atoms with Gasteiger partial charge in [-0.15, -0.1) is 0 Å². The highest BCUT2D eigenvalue weighted by atomic mass is 35.5. The Morgan fingerprint density at radius 2 is 2.10 bits per heavy atom. The maximum atomic E-state index is 12.7. The molecule has 0 aliphatic rings. The van der Waals surface area contributed by atoms with E-state index >= 15 is 0 Å². The Kier molecular flexibility index (Phi) is 7.23. The second kappa shape index (κ2) is 9.86. The van der Waals surface area contributed by atoms with Gasteiger partial charge in [-0.05, 0) is 55.2 Å². The number of esters is 1. The molecule has 3 aromatic rings. The van der Waals surface area contributed by atoms with Gasteiger partial charge in [0.05, 0.1) is 6.26 Å². The molecule has 1 atom stereocenters. The first-order valence-electron chi connectivity index (χ1n) is 9.12. The van der Waals surface area contributed by atoms with Crippen LogP contribution in [-0.2, 0) is 16.1 Å². The van der Waals surface area contributed by atoms with Gasteiger partial charge in [-0.1, -0.05) is 11.6 Å². The summed E-state index contributed by atoms with van der Waals surface area (Å²) in [5.74, 6) is -0.362. The van der Waals surface area contributed by atoms with Crippen LogP contribution in [0.3, 0.4) is 0 Å². The van der Waals surface area contributed by atoms with Crippen molar-refractivity contribution in [1.29, 1.82) is 0 Å². The Morgan fingerprint density at radius 1 is 1.30 bits per heavy atom. The highest BCUT2D eigenvalue weighted by molar-refractivity contribution is 7.98. The van der Waals surface area contributed by atoms with E-state index in [1.54, 1.807) is 36.9 Å². The van der Waals surface area contributed by atoms with Crippen molar-refractivity contribution in [1.82, 2.24) is 5.32 Å². The summed E-state index contributed by atoms with van der Waals surface area (Å²) in [5.41, 5.74) is 1.04. The first-order valence-corrected chi connectivity index (χ1v) is 10.9. The van der Waals surface area contributed by atoms with Crippen molar-refractivity contribution in [2.75, 3.05) is 12.0 Å². The van der Waals surface area contributed by atoms with E-state index in [1.165, 1.54) is 18.4 Å². The molecule has 3 rings (SSSR count). The highest BCUT2D eigenvalue weighted by Gasteiger charge is 2.24. The predicted molar refractivity (Wildman–Crippen MR) is 115 cm³/mol. The molecule has 1 amide bonds. The lowest BCUT2D eigenvalue weighted by Gasteiger charge is -2.17. The van der Waals surface area contributed by atoms with Crippen molar-refractivity contribution in [2.45, 2.75) is 26.0 Å². The average molecular weight is 450 g/mol. The fourth-order valence-corrected chi connectivity index (χ4v) is 3.47. The Bertz CT molecular complexity index is 1110. The molecule has 0 radical (unpaired) electrons.